The summed E-state index contributed by atoms with van der Waals surface area (Å²) < 4.78 is 7.41. The van der Waals surface area contributed by atoms with E-state index in [4.69, 9.17) is 21.4 Å². The molecule has 2 rings (SSSR count). The van der Waals surface area contributed by atoms with Crippen LogP contribution in [0.4, 0.5) is 0 Å². The molecule has 2 aromatic rings. The van der Waals surface area contributed by atoms with E-state index in [9.17, 15) is 4.79 Å². The third-order valence-corrected chi connectivity index (χ3v) is 4.31. The van der Waals surface area contributed by atoms with Crippen molar-refractivity contribution in [3.8, 4) is 5.75 Å². The van der Waals surface area contributed by atoms with E-state index in [-0.39, 0.29) is 12.2 Å². The van der Waals surface area contributed by atoms with Gasteiger partial charge in [0, 0.05) is 15.1 Å². The lowest BCUT2D eigenvalue weighted by atomic mass is 10.2. The summed E-state index contributed by atoms with van der Waals surface area (Å²) in [6.07, 6.45) is 0. The largest absolute Gasteiger partial charge is 0.488 e. The van der Waals surface area contributed by atoms with Gasteiger partial charge in [-0.15, -0.1) is 0 Å². The molecule has 0 saturated heterocycles. The molecule has 0 radical (unpaired) electrons. The first-order chi connectivity index (χ1) is 9.47. The summed E-state index contributed by atoms with van der Waals surface area (Å²) in [7, 11) is 0. The Morgan fingerprint density at radius 1 is 1.30 bits per heavy atom. The Balaban J connectivity index is 2.18. The van der Waals surface area contributed by atoms with Crippen LogP contribution < -0.4 is 4.74 Å². The molecule has 0 spiro atoms. The lowest BCUT2D eigenvalue weighted by molar-refractivity contribution is 0.0696. The fourth-order valence-corrected chi connectivity index (χ4v) is 2.76. The molecule has 6 heteroatoms. The van der Waals surface area contributed by atoms with Gasteiger partial charge in [0.05, 0.1) is 9.13 Å². The van der Waals surface area contributed by atoms with Gasteiger partial charge in [-0.05, 0) is 52.9 Å². The minimum atomic E-state index is -0.979. The molecule has 0 atom stereocenters. The van der Waals surface area contributed by atoms with E-state index >= 15 is 0 Å². The van der Waals surface area contributed by atoms with Crippen molar-refractivity contribution in [2.45, 2.75) is 6.61 Å². The predicted octanol–water partition coefficient (Wildman–Crippen LogP) is 4.98. The fourth-order valence-electron chi connectivity index (χ4n) is 1.54. The van der Waals surface area contributed by atoms with Crippen LogP contribution in [0.2, 0.25) is 5.02 Å². The molecule has 2 aromatic carbocycles. The molecule has 0 aliphatic heterocycles. The lowest BCUT2D eigenvalue weighted by Gasteiger charge is -2.10. The van der Waals surface area contributed by atoms with Crippen LogP contribution in [0.1, 0.15) is 15.9 Å². The van der Waals surface area contributed by atoms with Gasteiger partial charge in [0.25, 0.3) is 0 Å². The van der Waals surface area contributed by atoms with Crippen molar-refractivity contribution in [1.82, 2.24) is 0 Å². The zero-order valence-electron chi connectivity index (χ0n) is 10.1. The van der Waals surface area contributed by atoms with Crippen LogP contribution in [0, 0.1) is 3.57 Å². The molecule has 104 valence electrons. The van der Waals surface area contributed by atoms with E-state index in [1.165, 1.54) is 6.07 Å². The average molecular weight is 467 g/mol. The first-order valence-corrected chi connectivity index (χ1v) is 7.82. The molecule has 0 saturated carbocycles. The first kappa shape index (κ1) is 15.6. The van der Waals surface area contributed by atoms with Gasteiger partial charge in [0.15, 0.2) is 0 Å². The number of hydrogen-bond acceptors (Lipinski definition) is 2. The van der Waals surface area contributed by atoms with Crippen molar-refractivity contribution in [3.05, 3.63) is 60.6 Å². The molecule has 0 amide bonds. The fraction of sp³-hybridized carbons (Fsp3) is 0.0714. The van der Waals surface area contributed by atoms with E-state index in [0.29, 0.717) is 10.8 Å². The molecule has 0 bridgehead atoms. The first-order valence-electron chi connectivity index (χ1n) is 5.57. The minimum Gasteiger partial charge on any atom is -0.488 e. The van der Waals surface area contributed by atoms with Crippen molar-refractivity contribution < 1.29 is 14.6 Å². The molecule has 20 heavy (non-hydrogen) atoms. The number of ether oxygens (including phenoxy) is 1. The topological polar surface area (TPSA) is 46.5 Å². The predicted molar refractivity (Wildman–Crippen MR) is 89.6 cm³/mol. The van der Waals surface area contributed by atoms with Crippen molar-refractivity contribution in [1.29, 1.82) is 0 Å². The highest BCUT2D eigenvalue weighted by Gasteiger charge is 2.09. The summed E-state index contributed by atoms with van der Waals surface area (Å²) in [5.74, 6) is -0.447. The summed E-state index contributed by atoms with van der Waals surface area (Å²) in [5, 5.41) is 9.58. The maximum atomic E-state index is 10.9. The number of halogens is 3. The Hall–Kier alpha value is -0.790. The average Bonchev–Trinajstić information content (AvgIpc) is 2.39. The second kappa shape index (κ2) is 6.78. The number of aromatic carboxylic acids is 1. The summed E-state index contributed by atoms with van der Waals surface area (Å²) in [6.45, 7) is 0.283. The number of carbonyl (C=O) groups is 1. The molecule has 0 heterocycles. The second-order valence-corrected chi connectivity index (χ2v) is 6.46. The number of carboxylic acids is 1. The molecule has 0 aromatic heterocycles. The van der Waals surface area contributed by atoms with Crippen LogP contribution in [-0.4, -0.2) is 11.1 Å². The number of benzene rings is 2. The van der Waals surface area contributed by atoms with Gasteiger partial charge >= 0.3 is 5.97 Å². The Labute approximate surface area is 143 Å². The van der Waals surface area contributed by atoms with Gasteiger partial charge in [0.1, 0.15) is 12.4 Å². The van der Waals surface area contributed by atoms with E-state index in [1.807, 2.05) is 12.1 Å². The van der Waals surface area contributed by atoms with Crippen LogP contribution in [0.15, 0.2) is 40.9 Å². The van der Waals surface area contributed by atoms with Gasteiger partial charge in [-0.1, -0.05) is 33.6 Å². The zero-order valence-corrected chi connectivity index (χ0v) is 14.6. The molecular formula is C14H9BrClIO3. The summed E-state index contributed by atoms with van der Waals surface area (Å²) >= 11 is 11.5. The lowest BCUT2D eigenvalue weighted by Crippen LogP contribution is -2.01. The second-order valence-electron chi connectivity index (χ2n) is 3.97. The van der Waals surface area contributed by atoms with Crippen LogP contribution in [0.25, 0.3) is 0 Å². The Morgan fingerprint density at radius 3 is 2.70 bits per heavy atom. The standard InChI is InChI=1S/C14H9BrClIO3/c15-10-3-1-9(11(16)6-10)7-20-13-5-8(14(18)19)2-4-12(13)17/h1-6H,7H2,(H,18,19). The monoisotopic (exact) mass is 466 g/mol. The van der Waals surface area contributed by atoms with Crippen LogP contribution in [0.5, 0.6) is 5.75 Å². The van der Waals surface area contributed by atoms with Crippen molar-refractivity contribution in [2.75, 3.05) is 0 Å². The molecular weight excluding hydrogens is 458 g/mol. The third kappa shape index (κ3) is 3.86. The molecule has 1 N–H and O–H groups in total. The number of hydrogen-bond donors (Lipinski definition) is 1. The Bertz CT molecular complexity index is 661. The maximum absolute atomic E-state index is 10.9. The van der Waals surface area contributed by atoms with Gasteiger partial charge in [-0.3, -0.25) is 0 Å². The molecule has 0 aliphatic carbocycles. The quantitative estimate of drug-likeness (QED) is 0.645. The highest BCUT2D eigenvalue weighted by molar-refractivity contribution is 14.1. The van der Waals surface area contributed by atoms with E-state index in [1.54, 1.807) is 18.2 Å². The Kier molecular flexibility index (Phi) is 5.29. The van der Waals surface area contributed by atoms with Gasteiger partial charge < -0.3 is 9.84 Å². The van der Waals surface area contributed by atoms with Crippen molar-refractivity contribution >= 4 is 56.1 Å². The van der Waals surface area contributed by atoms with Gasteiger partial charge in [0.2, 0.25) is 0 Å². The number of rotatable bonds is 4. The summed E-state index contributed by atoms with van der Waals surface area (Å²) in [4.78, 5) is 10.9. The molecule has 3 nitrogen and oxygen atoms in total. The highest BCUT2D eigenvalue weighted by Crippen LogP contribution is 2.26. The van der Waals surface area contributed by atoms with Gasteiger partial charge in [-0.25, -0.2) is 4.79 Å². The number of carboxylic acid groups (broad SMARTS) is 1. The maximum Gasteiger partial charge on any atom is 0.335 e. The van der Waals surface area contributed by atoms with Crippen LogP contribution in [-0.2, 0) is 6.61 Å². The van der Waals surface area contributed by atoms with E-state index in [0.717, 1.165) is 13.6 Å². The van der Waals surface area contributed by atoms with Crippen LogP contribution >= 0.6 is 50.1 Å². The highest BCUT2D eigenvalue weighted by atomic mass is 127. The van der Waals surface area contributed by atoms with Gasteiger partial charge in [-0.2, -0.15) is 0 Å². The molecule has 0 fully saturated rings. The van der Waals surface area contributed by atoms with E-state index in [2.05, 4.69) is 38.5 Å². The Morgan fingerprint density at radius 2 is 2.05 bits per heavy atom. The molecule has 0 aliphatic rings. The zero-order chi connectivity index (χ0) is 14.7. The normalized spacial score (nSPS) is 10.3. The SMILES string of the molecule is O=C(O)c1ccc(I)c(OCc2ccc(Br)cc2Cl)c1. The smallest absolute Gasteiger partial charge is 0.335 e. The van der Waals surface area contributed by atoms with Crippen molar-refractivity contribution in [3.63, 3.8) is 0 Å². The summed E-state index contributed by atoms with van der Waals surface area (Å²) in [6, 6.07) is 10.3. The third-order valence-electron chi connectivity index (χ3n) is 2.58. The van der Waals surface area contributed by atoms with Crippen LogP contribution in [0.3, 0.4) is 0 Å². The van der Waals surface area contributed by atoms with E-state index < -0.39 is 5.97 Å². The van der Waals surface area contributed by atoms with Crippen molar-refractivity contribution in [2.24, 2.45) is 0 Å². The molecule has 0 unspecified atom stereocenters. The summed E-state index contributed by atoms with van der Waals surface area (Å²) in [5.41, 5.74) is 1.04. The minimum absolute atomic E-state index is 0.197.